The van der Waals surface area contributed by atoms with Crippen LogP contribution in [0.1, 0.15) is 41.3 Å². The maximum Gasteiger partial charge on any atom is 0.336 e. The van der Waals surface area contributed by atoms with Crippen molar-refractivity contribution in [3.63, 3.8) is 0 Å². The summed E-state index contributed by atoms with van der Waals surface area (Å²) in [5.74, 6) is 1.06. The lowest BCUT2D eigenvalue weighted by atomic mass is 10.0. The first-order chi connectivity index (χ1) is 13.1. The fourth-order valence-electron chi connectivity index (χ4n) is 4.25. The third-order valence-electron chi connectivity index (χ3n) is 5.91. The minimum absolute atomic E-state index is 0.271. The van der Waals surface area contributed by atoms with Gasteiger partial charge in [-0.3, -0.25) is 0 Å². The summed E-state index contributed by atoms with van der Waals surface area (Å²) in [5.41, 5.74) is 3.67. The molecule has 5 nitrogen and oxygen atoms in total. The lowest BCUT2D eigenvalue weighted by Gasteiger charge is -2.21. The Bertz CT molecular complexity index is 969. The molecule has 3 aromatic rings. The number of benzene rings is 1. The van der Waals surface area contributed by atoms with Crippen LogP contribution >= 0.6 is 0 Å². The number of furan rings is 1. The van der Waals surface area contributed by atoms with Gasteiger partial charge in [-0.2, -0.15) is 0 Å². The molecule has 27 heavy (non-hydrogen) atoms. The molecule has 3 heterocycles. The molecule has 1 aliphatic rings. The van der Waals surface area contributed by atoms with Gasteiger partial charge < -0.3 is 19.1 Å². The van der Waals surface area contributed by atoms with Crippen molar-refractivity contribution in [3.8, 4) is 0 Å². The topological polar surface area (TPSA) is 64.4 Å². The zero-order chi connectivity index (χ0) is 18.8. The molecule has 0 radical (unpaired) electrons. The number of fused-ring (bicyclic) bond motifs is 1. The van der Waals surface area contributed by atoms with E-state index in [1.165, 1.54) is 25.9 Å². The standard InChI is InChI=1S/C22H26N2O3/c1-15-7-8-18-17(12-21(25)27-22(18)16(15)2)13-23-14-19(20-6-5-11-26-20)24-9-3-4-10-24/h5-8,11-12,19,23H,3-4,9-10,13-14H2,1-2H3/p+2/t19-/m1/s1. The smallest absolute Gasteiger partial charge is 0.336 e. The van der Waals surface area contributed by atoms with Crippen molar-refractivity contribution in [2.24, 2.45) is 0 Å². The van der Waals surface area contributed by atoms with E-state index in [2.05, 4.69) is 23.5 Å². The molecule has 1 aliphatic heterocycles. The molecular formula is C22H28N2O3+2. The second-order valence-electron chi connectivity index (χ2n) is 7.64. The summed E-state index contributed by atoms with van der Waals surface area (Å²) in [6, 6.07) is 10.2. The first-order valence-electron chi connectivity index (χ1n) is 9.86. The van der Waals surface area contributed by atoms with Crippen molar-refractivity contribution in [2.75, 3.05) is 19.6 Å². The van der Waals surface area contributed by atoms with E-state index >= 15 is 0 Å². The van der Waals surface area contributed by atoms with Crippen LogP contribution in [-0.2, 0) is 6.54 Å². The predicted octanol–water partition coefficient (Wildman–Crippen LogP) is 1.49. The van der Waals surface area contributed by atoms with Gasteiger partial charge >= 0.3 is 5.63 Å². The van der Waals surface area contributed by atoms with Crippen LogP contribution in [0.4, 0.5) is 0 Å². The van der Waals surface area contributed by atoms with Crippen LogP contribution < -0.4 is 15.8 Å². The molecule has 0 spiro atoms. The van der Waals surface area contributed by atoms with Crippen LogP contribution in [0.3, 0.4) is 0 Å². The number of nitrogens with two attached hydrogens (primary N) is 1. The molecule has 1 atom stereocenters. The Morgan fingerprint density at radius 1 is 1.19 bits per heavy atom. The maximum atomic E-state index is 12.1. The Hall–Kier alpha value is -2.37. The third kappa shape index (κ3) is 3.70. The summed E-state index contributed by atoms with van der Waals surface area (Å²) in [6.45, 7) is 8.16. The highest BCUT2D eigenvalue weighted by Crippen LogP contribution is 2.22. The highest BCUT2D eigenvalue weighted by Gasteiger charge is 2.30. The van der Waals surface area contributed by atoms with E-state index in [1.807, 2.05) is 19.9 Å². The minimum atomic E-state index is -0.271. The van der Waals surface area contributed by atoms with Crippen molar-refractivity contribution >= 4 is 11.0 Å². The summed E-state index contributed by atoms with van der Waals surface area (Å²) in [7, 11) is 0. The summed E-state index contributed by atoms with van der Waals surface area (Å²) in [6.07, 6.45) is 4.34. The third-order valence-corrected chi connectivity index (χ3v) is 5.91. The van der Waals surface area contributed by atoms with Gasteiger partial charge in [0.05, 0.1) is 19.4 Å². The lowest BCUT2D eigenvalue weighted by Crippen LogP contribution is -3.13. The van der Waals surface area contributed by atoms with Gasteiger partial charge in [0.1, 0.15) is 18.7 Å². The molecule has 142 valence electrons. The van der Waals surface area contributed by atoms with Crippen LogP contribution in [0.15, 0.2) is 50.2 Å². The molecule has 0 amide bonds. The molecule has 0 bridgehead atoms. The number of hydrogen-bond acceptors (Lipinski definition) is 3. The number of aryl methyl sites for hydroxylation is 2. The molecule has 5 heteroatoms. The van der Waals surface area contributed by atoms with E-state index in [0.717, 1.165) is 46.5 Å². The molecule has 2 aromatic heterocycles. The maximum absolute atomic E-state index is 12.1. The second kappa shape index (κ2) is 7.71. The average Bonchev–Trinajstić information content (AvgIpc) is 3.36. The molecule has 0 aliphatic carbocycles. The molecular weight excluding hydrogens is 340 g/mol. The van der Waals surface area contributed by atoms with Crippen molar-refractivity contribution in [2.45, 2.75) is 39.3 Å². The molecule has 3 N–H and O–H groups in total. The number of quaternary nitrogens is 2. The fourth-order valence-corrected chi connectivity index (χ4v) is 4.25. The molecule has 1 aromatic carbocycles. The average molecular weight is 368 g/mol. The van der Waals surface area contributed by atoms with Crippen molar-refractivity contribution in [3.05, 3.63) is 69.5 Å². The van der Waals surface area contributed by atoms with E-state index in [4.69, 9.17) is 8.83 Å². The van der Waals surface area contributed by atoms with Crippen LogP contribution in [0.25, 0.3) is 11.0 Å². The molecule has 1 fully saturated rings. The zero-order valence-corrected chi connectivity index (χ0v) is 16.1. The summed E-state index contributed by atoms with van der Waals surface area (Å²) < 4.78 is 11.2. The SMILES string of the molecule is Cc1ccc2c(C[NH2+]C[C@H](c3ccco3)[NH+]3CCCC3)cc(=O)oc2c1C. The monoisotopic (exact) mass is 368 g/mol. The summed E-state index contributed by atoms with van der Waals surface area (Å²) in [4.78, 5) is 13.7. The first-order valence-corrected chi connectivity index (χ1v) is 9.86. The van der Waals surface area contributed by atoms with Crippen molar-refractivity contribution in [1.82, 2.24) is 0 Å². The quantitative estimate of drug-likeness (QED) is 0.648. The number of nitrogens with one attached hydrogen (secondary N) is 1. The van der Waals surface area contributed by atoms with Gasteiger partial charge in [-0.1, -0.05) is 12.1 Å². The van der Waals surface area contributed by atoms with Crippen molar-refractivity contribution in [1.29, 1.82) is 0 Å². The summed E-state index contributed by atoms with van der Waals surface area (Å²) >= 11 is 0. The highest BCUT2D eigenvalue weighted by molar-refractivity contribution is 5.83. The Kier molecular flexibility index (Phi) is 5.14. The van der Waals surface area contributed by atoms with Crippen LogP contribution in [0.5, 0.6) is 0 Å². The van der Waals surface area contributed by atoms with Gasteiger partial charge in [0.25, 0.3) is 0 Å². The molecule has 0 saturated carbocycles. The van der Waals surface area contributed by atoms with E-state index in [0.29, 0.717) is 6.04 Å². The van der Waals surface area contributed by atoms with Gasteiger partial charge in [-0.25, -0.2) is 4.79 Å². The van der Waals surface area contributed by atoms with E-state index in [9.17, 15) is 4.79 Å². The van der Waals surface area contributed by atoms with E-state index in [-0.39, 0.29) is 5.63 Å². The first kappa shape index (κ1) is 18.0. The van der Waals surface area contributed by atoms with Crippen LogP contribution in [-0.4, -0.2) is 19.6 Å². The predicted molar refractivity (Wildman–Crippen MR) is 104 cm³/mol. The Labute approximate surface area is 159 Å². The van der Waals surface area contributed by atoms with E-state index < -0.39 is 0 Å². The number of rotatable bonds is 6. The fraction of sp³-hybridized carbons (Fsp3) is 0.409. The summed E-state index contributed by atoms with van der Waals surface area (Å²) in [5, 5.41) is 3.33. The molecule has 1 saturated heterocycles. The zero-order valence-electron chi connectivity index (χ0n) is 16.1. The van der Waals surface area contributed by atoms with Crippen molar-refractivity contribution < 1.29 is 19.1 Å². The Morgan fingerprint density at radius 3 is 2.74 bits per heavy atom. The largest absolute Gasteiger partial charge is 0.463 e. The minimum Gasteiger partial charge on any atom is -0.463 e. The van der Waals surface area contributed by atoms with Crippen LogP contribution in [0.2, 0.25) is 0 Å². The Morgan fingerprint density at radius 2 is 2.00 bits per heavy atom. The molecule has 0 unspecified atom stereocenters. The van der Waals surface area contributed by atoms with Gasteiger partial charge in [0.15, 0.2) is 11.8 Å². The lowest BCUT2D eigenvalue weighted by molar-refractivity contribution is -0.936. The normalized spacial score (nSPS) is 16.2. The number of hydrogen-bond donors (Lipinski definition) is 2. The van der Waals surface area contributed by atoms with E-state index in [1.54, 1.807) is 17.2 Å². The van der Waals surface area contributed by atoms with Gasteiger partial charge in [0, 0.05) is 29.9 Å². The Balaban J connectivity index is 1.54. The van der Waals surface area contributed by atoms with Crippen LogP contribution in [0, 0.1) is 13.8 Å². The second-order valence-corrected chi connectivity index (χ2v) is 7.64. The van der Waals surface area contributed by atoms with Gasteiger partial charge in [0.2, 0.25) is 0 Å². The van der Waals surface area contributed by atoms with Gasteiger partial charge in [-0.05, 0) is 37.1 Å². The number of likely N-dealkylation sites (tertiary alicyclic amines) is 1. The highest BCUT2D eigenvalue weighted by atomic mass is 16.4. The molecule has 4 rings (SSSR count). The van der Waals surface area contributed by atoms with Gasteiger partial charge in [-0.15, -0.1) is 0 Å².